The average molecular weight is 243 g/mol. The Morgan fingerprint density at radius 3 is 2.81 bits per heavy atom. The maximum absolute atomic E-state index is 12.9. The number of hydrogen-bond donors (Lipinski definition) is 1. The van der Waals surface area contributed by atoms with E-state index in [2.05, 4.69) is 5.32 Å². The molecule has 3 nitrogen and oxygen atoms in total. The van der Waals surface area contributed by atoms with Crippen LogP contribution in [0.4, 0.5) is 4.39 Å². The van der Waals surface area contributed by atoms with Crippen molar-refractivity contribution >= 4 is 16.7 Å². The van der Waals surface area contributed by atoms with Crippen LogP contribution in [0.5, 0.6) is 0 Å². The summed E-state index contributed by atoms with van der Waals surface area (Å²) in [5.41, 5.74) is 0. The molecule has 16 heavy (non-hydrogen) atoms. The summed E-state index contributed by atoms with van der Waals surface area (Å²) in [6.45, 7) is 3.84. The zero-order chi connectivity index (χ0) is 12.1. The lowest BCUT2D eigenvalue weighted by Gasteiger charge is -2.10. The third-order valence-electron chi connectivity index (χ3n) is 2.07. The van der Waals surface area contributed by atoms with Gasteiger partial charge in [0.25, 0.3) is 0 Å². The summed E-state index contributed by atoms with van der Waals surface area (Å²) in [4.78, 5) is 11.8. The van der Waals surface area contributed by atoms with Gasteiger partial charge in [0.15, 0.2) is 0 Å². The molecular weight excluding hydrogens is 229 g/mol. The van der Waals surface area contributed by atoms with Gasteiger partial charge >= 0.3 is 0 Å². The minimum absolute atomic E-state index is 0.287. The summed E-state index contributed by atoms with van der Waals surface area (Å²) in [6.07, 6.45) is 0. The van der Waals surface area contributed by atoms with Crippen molar-refractivity contribution in [3.05, 3.63) is 30.1 Å². The van der Waals surface area contributed by atoms with E-state index in [0.717, 1.165) is 0 Å². The lowest BCUT2D eigenvalue weighted by atomic mass is 10.3. The average Bonchev–Trinajstić information content (AvgIpc) is 2.27. The largest absolute Gasteiger partial charge is 0.355 e. The van der Waals surface area contributed by atoms with Gasteiger partial charge in [-0.15, -0.1) is 0 Å². The van der Waals surface area contributed by atoms with Crippen LogP contribution in [0.25, 0.3) is 0 Å². The van der Waals surface area contributed by atoms with Crippen LogP contribution >= 0.6 is 0 Å². The molecule has 0 fully saturated rings. The predicted octanol–water partition coefficient (Wildman–Crippen LogP) is 1.46. The summed E-state index contributed by atoms with van der Waals surface area (Å²) >= 11 is 0. The number of amides is 1. The van der Waals surface area contributed by atoms with Crippen LogP contribution in [0.1, 0.15) is 13.8 Å². The molecule has 1 N–H and O–H groups in total. The maximum atomic E-state index is 12.9. The van der Waals surface area contributed by atoms with Gasteiger partial charge in [0.05, 0.1) is 10.8 Å². The van der Waals surface area contributed by atoms with E-state index in [1.807, 2.05) is 0 Å². The molecular formula is C11H14FNO2S. The molecule has 1 aromatic rings. The van der Waals surface area contributed by atoms with Gasteiger partial charge in [-0.1, -0.05) is 6.07 Å². The van der Waals surface area contributed by atoms with Crippen molar-refractivity contribution in [3.63, 3.8) is 0 Å². The Kier molecular flexibility index (Phi) is 4.61. The molecule has 1 aromatic carbocycles. The van der Waals surface area contributed by atoms with Crippen LogP contribution in [0.15, 0.2) is 29.2 Å². The zero-order valence-corrected chi connectivity index (χ0v) is 10.0. The van der Waals surface area contributed by atoms with E-state index in [1.165, 1.54) is 18.2 Å². The molecule has 0 radical (unpaired) electrons. The standard InChI is InChI=1S/C11H14FNO2S/c1-3-13-11(14)8(2)16(15)10-6-4-5-9(12)7-10/h4-8H,3H2,1-2H3,(H,13,14). The number of rotatable bonds is 4. The molecule has 2 atom stereocenters. The Morgan fingerprint density at radius 1 is 1.56 bits per heavy atom. The third-order valence-corrected chi connectivity index (χ3v) is 3.64. The van der Waals surface area contributed by atoms with E-state index < -0.39 is 21.9 Å². The number of hydrogen-bond acceptors (Lipinski definition) is 2. The Labute approximate surface area is 96.5 Å². The van der Waals surface area contributed by atoms with E-state index in [9.17, 15) is 13.4 Å². The number of benzene rings is 1. The molecule has 0 bridgehead atoms. The van der Waals surface area contributed by atoms with E-state index >= 15 is 0 Å². The van der Waals surface area contributed by atoms with Crippen LogP contribution in [0, 0.1) is 5.82 Å². The van der Waals surface area contributed by atoms with Crippen LogP contribution in [0.2, 0.25) is 0 Å². The molecule has 0 aliphatic carbocycles. The first-order valence-electron chi connectivity index (χ1n) is 5.00. The van der Waals surface area contributed by atoms with Gasteiger partial charge in [-0.3, -0.25) is 9.00 Å². The first kappa shape index (κ1) is 12.8. The van der Waals surface area contributed by atoms with Crippen LogP contribution in [0.3, 0.4) is 0 Å². The SMILES string of the molecule is CCNC(=O)C(C)S(=O)c1cccc(F)c1. The monoisotopic (exact) mass is 243 g/mol. The fourth-order valence-corrected chi connectivity index (χ4v) is 2.34. The second-order valence-electron chi connectivity index (χ2n) is 3.29. The number of carbonyl (C=O) groups is 1. The fourth-order valence-electron chi connectivity index (χ4n) is 1.21. The molecule has 1 rings (SSSR count). The lowest BCUT2D eigenvalue weighted by molar-refractivity contribution is -0.120. The molecule has 0 aliphatic rings. The highest BCUT2D eigenvalue weighted by Crippen LogP contribution is 2.12. The molecule has 5 heteroatoms. The van der Waals surface area contributed by atoms with Crippen molar-refractivity contribution in [1.29, 1.82) is 0 Å². The van der Waals surface area contributed by atoms with Crippen molar-refractivity contribution in [2.24, 2.45) is 0 Å². The first-order valence-corrected chi connectivity index (χ1v) is 6.21. The molecule has 0 aromatic heterocycles. The molecule has 0 heterocycles. The number of halogens is 1. The van der Waals surface area contributed by atoms with E-state index in [-0.39, 0.29) is 5.91 Å². The van der Waals surface area contributed by atoms with Crippen molar-refractivity contribution in [2.75, 3.05) is 6.54 Å². The maximum Gasteiger partial charge on any atom is 0.235 e. The summed E-state index contributed by atoms with van der Waals surface area (Å²) in [5.74, 6) is -0.737. The zero-order valence-electron chi connectivity index (χ0n) is 9.20. The lowest BCUT2D eigenvalue weighted by Crippen LogP contribution is -2.35. The number of carbonyl (C=O) groups excluding carboxylic acids is 1. The molecule has 0 saturated carbocycles. The number of nitrogens with one attached hydrogen (secondary N) is 1. The minimum atomic E-state index is -1.52. The Bertz CT molecular complexity index is 409. The summed E-state index contributed by atoms with van der Waals surface area (Å²) in [7, 11) is -1.52. The van der Waals surface area contributed by atoms with Crippen LogP contribution in [-0.4, -0.2) is 21.9 Å². The Morgan fingerprint density at radius 2 is 2.25 bits per heavy atom. The third kappa shape index (κ3) is 3.13. The van der Waals surface area contributed by atoms with Gasteiger partial charge < -0.3 is 5.32 Å². The summed E-state index contributed by atoms with van der Waals surface area (Å²) in [6, 6.07) is 5.49. The van der Waals surface area contributed by atoms with Gasteiger partial charge in [0.1, 0.15) is 11.1 Å². The van der Waals surface area contributed by atoms with Crippen molar-refractivity contribution in [2.45, 2.75) is 24.0 Å². The molecule has 0 aliphatic heterocycles. The smallest absolute Gasteiger partial charge is 0.235 e. The minimum Gasteiger partial charge on any atom is -0.355 e. The summed E-state index contributed by atoms with van der Waals surface area (Å²) in [5, 5.41) is 1.91. The second-order valence-corrected chi connectivity index (χ2v) is 5.06. The Hall–Kier alpha value is -1.23. The highest BCUT2D eigenvalue weighted by atomic mass is 32.2. The van der Waals surface area contributed by atoms with E-state index in [1.54, 1.807) is 19.9 Å². The molecule has 1 amide bonds. The van der Waals surface area contributed by atoms with E-state index in [0.29, 0.717) is 11.4 Å². The van der Waals surface area contributed by atoms with Gasteiger partial charge in [0.2, 0.25) is 5.91 Å². The quantitative estimate of drug-likeness (QED) is 0.870. The van der Waals surface area contributed by atoms with Crippen LogP contribution < -0.4 is 5.32 Å². The molecule has 2 unspecified atom stereocenters. The summed E-state index contributed by atoms with van der Waals surface area (Å²) < 4.78 is 24.8. The first-order chi connectivity index (χ1) is 7.56. The molecule has 88 valence electrons. The highest BCUT2D eigenvalue weighted by Gasteiger charge is 2.20. The molecule has 0 spiro atoms. The van der Waals surface area contributed by atoms with Crippen LogP contribution in [-0.2, 0) is 15.6 Å². The second kappa shape index (κ2) is 5.75. The normalized spacial score (nSPS) is 14.2. The van der Waals surface area contributed by atoms with Gasteiger partial charge in [-0.25, -0.2) is 4.39 Å². The predicted molar refractivity (Wildman–Crippen MR) is 61.0 cm³/mol. The van der Waals surface area contributed by atoms with Gasteiger partial charge in [0, 0.05) is 11.4 Å². The van der Waals surface area contributed by atoms with Crippen molar-refractivity contribution in [3.8, 4) is 0 Å². The molecule has 0 saturated heterocycles. The van der Waals surface area contributed by atoms with Gasteiger partial charge in [-0.2, -0.15) is 0 Å². The van der Waals surface area contributed by atoms with E-state index in [4.69, 9.17) is 0 Å². The highest BCUT2D eigenvalue weighted by molar-refractivity contribution is 7.86. The Balaban J connectivity index is 2.82. The van der Waals surface area contributed by atoms with Crippen molar-refractivity contribution < 1.29 is 13.4 Å². The van der Waals surface area contributed by atoms with Gasteiger partial charge in [-0.05, 0) is 32.0 Å². The fraction of sp³-hybridized carbons (Fsp3) is 0.364. The van der Waals surface area contributed by atoms with Crippen molar-refractivity contribution in [1.82, 2.24) is 5.32 Å². The topological polar surface area (TPSA) is 46.2 Å².